The van der Waals surface area contributed by atoms with Crippen molar-refractivity contribution in [2.75, 3.05) is 14.2 Å². The van der Waals surface area contributed by atoms with Crippen LogP contribution >= 0.6 is 0 Å². The third-order valence-electron chi connectivity index (χ3n) is 3.13. The molecule has 0 fully saturated rings. The van der Waals surface area contributed by atoms with Crippen molar-refractivity contribution < 1.29 is 35.1 Å². The van der Waals surface area contributed by atoms with Gasteiger partial charge in [0.05, 0.1) is 14.2 Å². The molecule has 0 spiro atoms. The average Bonchev–Trinajstić information content (AvgIpc) is 2.67. The minimum absolute atomic E-state index is 0.447. The summed E-state index contributed by atoms with van der Waals surface area (Å²) in [6.07, 6.45) is 7.26. The van der Waals surface area contributed by atoms with E-state index in [1.54, 1.807) is 7.11 Å². The summed E-state index contributed by atoms with van der Waals surface area (Å²) in [7, 11) is -3.24. The molecule has 9 heteroatoms. The molecule has 0 radical (unpaired) electrons. The van der Waals surface area contributed by atoms with Crippen LogP contribution in [0.25, 0.3) is 0 Å². The van der Waals surface area contributed by atoms with E-state index in [4.69, 9.17) is 11.2 Å². The molecule has 0 unspecified atom stereocenters. The van der Waals surface area contributed by atoms with Crippen LogP contribution in [0.2, 0.25) is 0 Å². The van der Waals surface area contributed by atoms with Gasteiger partial charge in [-0.05, 0) is 36.3 Å². The summed E-state index contributed by atoms with van der Waals surface area (Å²) in [4.78, 5) is 0. The maximum Gasteiger partial charge on any atom is 0.523 e. The number of ether oxygens (including phenoxy) is 1. The van der Waals surface area contributed by atoms with Crippen molar-refractivity contribution in [3.05, 3.63) is 59.9 Å². The number of nitrogens with zero attached hydrogens (tertiary/aromatic N) is 1. The van der Waals surface area contributed by atoms with E-state index < -0.39 is 15.6 Å². The minimum Gasteiger partial charge on any atom is -0.497 e. The van der Waals surface area contributed by atoms with Crippen molar-refractivity contribution in [2.45, 2.75) is 12.1 Å². The van der Waals surface area contributed by atoms with E-state index in [-0.39, 0.29) is 0 Å². The van der Waals surface area contributed by atoms with Crippen molar-refractivity contribution in [1.29, 1.82) is 0 Å². The highest BCUT2D eigenvalue weighted by molar-refractivity contribution is 7.87. The van der Waals surface area contributed by atoms with Gasteiger partial charge in [0.1, 0.15) is 5.75 Å². The van der Waals surface area contributed by atoms with E-state index in [9.17, 15) is 21.6 Å². The van der Waals surface area contributed by atoms with Crippen molar-refractivity contribution in [3.8, 4) is 29.9 Å². The molecule has 0 N–H and O–H groups in total. The van der Waals surface area contributed by atoms with Gasteiger partial charge in [-0.15, -0.1) is 6.42 Å². The molecule has 2 aromatic rings. The zero-order valence-corrected chi connectivity index (χ0v) is 15.8. The lowest BCUT2D eigenvalue weighted by Crippen LogP contribution is -2.36. The summed E-state index contributed by atoms with van der Waals surface area (Å²) in [5, 5.41) is 0. The highest BCUT2D eigenvalue weighted by Gasteiger charge is 2.46. The number of hydrogen-bond donors (Lipinski definition) is 0. The van der Waals surface area contributed by atoms with Crippen LogP contribution in [0.5, 0.6) is 5.75 Å². The van der Waals surface area contributed by atoms with E-state index in [0.29, 0.717) is 13.7 Å². The summed E-state index contributed by atoms with van der Waals surface area (Å²) in [6.45, 7) is 0.521. The number of aromatic nitrogens is 1. The molecule has 1 aromatic heterocycles. The van der Waals surface area contributed by atoms with Crippen LogP contribution in [0.3, 0.4) is 0 Å². The normalized spacial score (nSPS) is 10.6. The Labute approximate surface area is 161 Å². The first kappa shape index (κ1) is 23.0. The standard InChI is InChI=1S/C17H14NO.C2H3F3O3S/c1-3-13-18-14-5-4-6-16(18)10-7-15-8-11-17(19-2)12-9-15;1-8-9(6,7)2(3,4)5/h1,4-6,8-9,11-12,14H,13H2,2H3;1H3/q+1;. The summed E-state index contributed by atoms with van der Waals surface area (Å²) < 4.78 is 62.9. The second-order valence-electron chi connectivity index (χ2n) is 4.96. The van der Waals surface area contributed by atoms with E-state index in [2.05, 4.69) is 21.9 Å². The fourth-order valence-corrected chi connectivity index (χ4v) is 1.92. The van der Waals surface area contributed by atoms with Gasteiger partial charge in [-0.25, -0.2) is 0 Å². The van der Waals surface area contributed by atoms with Gasteiger partial charge in [-0.2, -0.15) is 26.2 Å². The third kappa shape index (κ3) is 6.95. The average molecular weight is 412 g/mol. The van der Waals surface area contributed by atoms with Gasteiger partial charge >= 0.3 is 15.6 Å². The monoisotopic (exact) mass is 412 g/mol. The van der Waals surface area contributed by atoms with Crippen molar-refractivity contribution in [3.63, 3.8) is 0 Å². The lowest BCUT2D eigenvalue weighted by atomic mass is 10.2. The first-order valence-corrected chi connectivity index (χ1v) is 9.00. The number of methoxy groups -OCH3 is 1. The quantitative estimate of drug-likeness (QED) is 0.337. The lowest BCUT2D eigenvalue weighted by molar-refractivity contribution is -0.687. The SMILES string of the molecule is C#CC[n+]1ccccc1C#Cc1ccc(OC)cc1.COS(=O)(=O)C(F)(F)F. The molecule has 0 amide bonds. The molecule has 0 saturated carbocycles. The Bertz CT molecular complexity index is 983. The van der Waals surface area contributed by atoms with Crippen LogP contribution in [0.15, 0.2) is 48.7 Å². The highest BCUT2D eigenvalue weighted by Crippen LogP contribution is 2.23. The highest BCUT2D eigenvalue weighted by atomic mass is 32.2. The molecule has 0 aliphatic rings. The first-order valence-electron chi connectivity index (χ1n) is 7.59. The molecule has 0 bridgehead atoms. The van der Waals surface area contributed by atoms with Crippen LogP contribution in [0.4, 0.5) is 13.2 Å². The fraction of sp³-hybridized carbons (Fsp3) is 0.211. The van der Waals surface area contributed by atoms with Gasteiger partial charge in [-0.1, -0.05) is 5.92 Å². The summed E-state index contributed by atoms with van der Waals surface area (Å²) >= 11 is 0. The molecule has 2 rings (SSSR count). The summed E-state index contributed by atoms with van der Waals surface area (Å²) in [5.41, 5.74) is -3.46. The second kappa shape index (κ2) is 10.4. The maximum atomic E-state index is 11.1. The molecule has 1 heterocycles. The van der Waals surface area contributed by atoms with Crippen LogP contribution in [0.1, 0.15) is 11.3 Å². The fourth-order valence-electron chi connectivity index (χ4n) is 1.73. The number of hydrogen-bond acceptors (Lipinski definition) is 4. The number of terminal acetylenes is 1. The van der Waals surface area contributed by atoms with E-state index >= 15 is 0 Å². The third-order valence-corrected chi connectivity index (χ3v) is 4.14. The van der Waals surface area contributed by atoms with Gasteiger partial charge in [0.2, 0.25) is 6.54 Å². The maximum absolute atomic E-state index is 11.1. The second-order valence-corrected chi connectivity index (χ2v) is 6.67. The van der Waals surface area contributed by atoms with Crippen LogP contribution in [0, 0.1) is 24.2 Å². The van der Waals surface area contributed by atoms with Gasteiger partial charge < -0.3 is 4.74 Å². The molecule has 148 valence electrons. The zero-order chi connectivity index (χ0) is 21.2. The predicted molar refractivity (Wildman–Crippen MR) is 96.4 cm³/mol. The smallest absolute Gasteiger partial charge is 0.497 e. The van der Waals surface area contributed by atoms with Crippen LogP contribution in [-0.2, 0) is 20.8 Å². The molecular formula is C19H17F3NO4S+. The van der Waals surface area contributed by atoms with E-state index in [1.165, 1.54) is 0 Å². The van der Waals surface area contributed by atoms with Gasteiger partial charge in [0.25, 0.3) is 5.69 Å². The number of halogens is 3. The minimum atomic E-state index is -5.34. The Morgan fingerprint density at radius 1 is 1.07 bits per heavy atom. The van der Waals surface area contributed by atoms with Crippen molar-refractivity contribution >= 4 is 10.1 Å². The summed E-state index contributed by atoms with van der Waals surface area (Å²) in [5.74, 6) is 9.69. The lowest BCUT2D eigenvalue weighted by Gasteiger charge is -2.02. The Kier molecular flexibility index (Phi) is 8.52. The Morgan fingerprint density at radius 3 is 2.18 bits per heavy atom. The summed E-state index contributed by atoms with van der Waals surface area (Å²) in [6, 6.07) is 13.5. The Morgan fingerprint density at radius 2 is 1.71 bits per heavy atom. The molecule has 5 nitrogen and oxygen atoms in total. The number of alkyl halides is 3. The Hall–Kier alpha value is -3.01. The van der Waals surface area contributed by atoms with Gasteiger partial charge in [-0.3, -0.25) is 4.18 Å². The first-order chi connectivity index (χ1) is 13.1. The van der Waals surface area contributed by atoms with Crippen molar-refractivity contribution in [1.82, 2.24) is 0 Å². The molecule has 28 heavy (non-hydrogen) atoms. The number of benzene rings is 1. The number of pyridine rings is 1. The van der Waals surface area contributed by atoms with Crippen LogP contribution < -0.4 is 9.30 Å². The van der Waals surface area contributed by atoms with Crippen molar-refractivity contribution in [2.24, 2.45) is 0 Å². The van der Waals surface area contributed by atoms with E-state index in [0.717, 1.165) is 17.0 Å². The van der Waals surface area contributed by atoms with E-state index in [1.807, 2.05) is 53.2 Å². The zero-order valence-electron chi connectivity index (χ0n) is 15.0. The molecule has 0 atom stereocenters. The number of rotatable bonds is 3. The van der Waals surface area contributed by atoms with Crippen LogP contribution in [-0.4, -0.2) is 28.1 Å². The predicted octanol–water partition coefficient (Wildman–Crippen LogP) is 2.50. The van der Waals surface area contributed by atoms with Gasteiger partial charge in [0.15, 0.2) is 6.20 Å². The Balaban J connectivity index is 0.000000370. The van der Waals surface area contributed by atoms with Gasteiger partial charge in [0, 0.05) is 23.6 Å². The molecule has 0 saturated heterocycles. The largest absolute Gasteiger partial charge is 0.523 e. The molecule has 1 aromatic carbocycles. The topological polar surface area (TPSA) is 56.5 Å². The molecule has 0 aliphatic heterocycles. The molecule has 0 aliphatic carbocycles. The molecular weight excluding hydrogens is 395 g/mol.